The highest BCUT2D eigenvalue weighted by molar-refractivity contribution is 7.86. The Kier molecular flexibility index (Phi) is 5.99. The molecule has 2 aromatic rings. The maximum absolute atomic E-state index is 13.0. The highest BCUT2D eigenvalue weighted by atomic mass is 32.2. The molecular weight excluding hydrogens is 324 g/mol. The predicted octanol–water partition coefficient (Wildman–Crippen LogP) is 3.15. The number of hydrogen-bond acceptors (Lipinski definition) is 3. The SMILES string of the molecule is CCN(Cc1ccccc1)S(=O)(=O)N(C)C(C)c1cccc(O)c1. The van der Waals surface area contributed by atoms with E-state index in [0.717, 1.165) is 11.1 Å². The van der Waals surface area contributed by atoms with Gasteiger partial charge in [0, 0.05) is 26.2 Å². The fourth-order valence-electron chi connectivity index (χ4n) is 2.52. The number of nitrogens with zero attached hydrogens (tertiary/aromatic N) is 2. The van der Waals surface area contributed by atoms with Crippen molar-refractivity contribution in [2.24, 2.45) is 0 Å². The quantitative estimate of drug-likeness (QED) is 0.836. The van der Waals surface area contributed by atoms with Gasteiger partial charge in [0.1, 0.15) is 5.75 Å². The summed E-state index contributed by atoms with van der Waals surface area (Å²) in [4.78, 5) is 0. The lowest BCUT2D eigenvalue weighted by Crippen LogP contribution is -2.42. The van der Waals surface area contributed by atoms with Gasteiger partial charge in [-0.1, -0.05) is 49.4 Å². The molecule has 0 aliphatic carbocycles. The molecule has 0 radical (unpaired) electrons. The van der Waals surface area contributed by atoms with E-state index in [4.69, 9.17) is 0 Å². The van der Waals surface area contributed by atoms with Gasteiger partial charge >= 0.3 is 0 Å². The van der Waals surface area contributed by atoms with Crippen molar-refractivity contribution in [3.05, 3.63) is 65.7 Å². The first kappa shape index (κ1) is 18.4. The molecule has 0 saturated carbocycles. The van der Waals surface area contributed by atoms with E-state index in [1.165, 1.54) is 8.61 Å². The molecule has 0 amide bonds. The molecule has 0 aliphatic heterocycles. The van der Waals surface area contributed by atoms with Gasteiger partial charge in [0.15, 0.2) is 0 Å². The van der Waals surface area contributed by atoms with Crippen LogP contribution in [0.3, 0.4) is 0 Å². The molecule has 0 heterocycles. The van der Waals surface area contributed by atoms with E-state index in [1.807, 2.05) is 50.2 Å². The average Bonchev–Trinajstić information content (AvgIpc) is 2.59. The molecule has 24 heavy (non-hydrogen) atoms. The van der Waals surface area contributed by atoms with Gasteiger partial charge < -0.3 is 5.11 Å². The molecule has 6 heteroatoms. The Morgan fingerprint density at radius 3 is 2.33 bits per heavy atom. The van der Waals surface area contributed by atoms with E-state index in [-0.39, 0.29) is 11.8 Å². The van der Waals surface area contributed by atoms with Crippen LogP contribution in [-0.4, -0.2) is 35.7 Å². The summed E-state index contributed by atoms with van der Waals surface area (Å²) >= 11 is 0. The Bertz CT molecular complexity index is 763. The summed E-state index contributed by atoms with van der Waals surface area (Å²) in [5.41, 5.74) is 1.69. The summed E-state index contributed by atoms with van der Waals surface area (Å²) in [6.07, 6.45) is 0. The molecule has 0 saturated heterocycles. The minimum atomic E-state index is -3.62. The average molecular weight is 348 g/mol. The van der Waals surface area contributed by atoms with Gasteiger partial charge in [0.2, 0.25) is 0 Å². The molecule has 2 rings (SSSR count). The van der Waals surface area contributed by atoms with E-state index < -0.39 is 10.2 Å². The lowest BCUT2D eigenvalue weighted by Gasteiger charge is -2.30. The van der Waals surface area contributed by atoms with E-state index >= 15 is 0 Å². The molecule has 0 fully saturated rings. The van der Waals surface area contributed by atoms with Crippen LogP contribution in [0.15, 0.2) is 54.6 Å². The molecule has 0 aromatic heterocycles. The summed E-state index contributed by atoms with van der Waals surface area (Å²) in [7, 11) is -2.06. The van der Waals surface area contributed by atoms with Gasteiger partial charge in [-0.2, -0.15) is 17.0 Å². The Balaban J connectivity index is 2.23. The number of rotatable bonds is 7. The molecule has 0 bridgehead atoms. The fraction of sp³-hybridized carbons (Fsp3) is 0.333. The van der Waals surface area contributed by atoms with Crippen LogP contribution in [0, 0.1) is 0 Å². The molecule has 2 aromatic carbocycles. The van der Waals surface area contributed by atoms with Crippen molar-refractivity contribution in [3.63, 3.8) is 0 Å². The van der Waals surface area contributed by atoms with Crippen LogP contribution in [0.4, 0.5) is 0 Å². The first-order valence-electron chi connectivity index (χ1n) is 7.92. The number of phenols is 1. The Morgan fingerprint density at radius 1 is 1.08 bits per heavy atom. The zero-order valence-electron chi connectivity index (χ0n) is 14.3. The first-order valence-corrected chi connectivity index (χ1v) is 9.32. The van der Waals surface area contributed by atoms with Crippen molar-refractivity contribution in [1.29, 1.82) is 0 Å². The van der Waals surface area contributed by atoms with E-state index in [0.29, 0.717) is 13.1 Å². The van der Waals surface area contributed by atoms with Crippen LogP contribution in [0.5, 0.6) is 5.75 Å². The zero-order valence-corrected chi connectivity index (χ0v) is 15.1. The molecule has 130 valence electrons. The minimum Gasteiger partial charge on any atom is -0.508 e. The monoisotopic (exact) mass is 348 g/mol. The van der Waals surface area contributed by atoms with Crippen LogP contribution in [0.2, 0.25) is 0 Å². The van der Waals surface area contributed by atoms with Gasteiger partial charge in [-0.25, -0.2) is 0 Å². The second kappa shape index (κ2) is 7.79. The van der Waals surface area contributed by atoms with Crippen LogP contribution < -0.4 is 0 Å². The fourth-order valence-corrected chi connectivity index (χ4v) is 4.04. The van der Waals surface area contributed by atoms with Crippen LogP contribution in [0.1, 0.15) is 31.0 Å². The summed E-state index contributed by atoms with van der Waals surface area (Å²) in [6, 6.07) is 15.8. The number of benzene rings is 2. The lowest BCUT2D eigenvalue weighted by atomic mass is 10.1. The standard InChI is InChI=1S/C18H24N2O3S/c1-4-20(14-16-9-6-5-7-10-16)24(22,23)19(3)15(2)17-11-8-12-18(21)13-17/h5-13,15,21H,4,14H2,1-3H3. The molecule has 1 unspecified atom stereocenters. The Morgan fingerprint density at radius 2 is 1.75 bits per heavy atom. The third kappa shape index (κ3) is 4.14. The number of aromatic hydroxyl groups is 1. The molecule has 0 spiro atoms. The third-order valence-electron chi connectivity index (χ3n) is 4.14. The summed E-state index contributed by atoms with van der Waals surface area (Å²) in [5.74, 6) is 0.127. The molecule has 0 aliphatic rings. The lowest BCUT2D eigenvalue weighted by molar-refractivity contribution is 0.330. The zero-order chi connectivity index (χ0) is 17.7. The smallest absolute Gasteiger partial charge is 0.282 e. The van der Waals surface area contributed by atoms with Crippen molar-refractivity contribution in [3.8, 4) is 5.75 Å². The van der Waals surface area contributed by atoms with Crippen molar-refractivity contribution >= 4 is 10.2 Å². The van der Waals surface area contributed by atoms with Gasteiger partial charge in [-0.05, 0) is 30.2 Å². The van der Waals surface area contributed by atoms with Gasteiger partial charge in [-0.15, -0.1) is 0 Å². The normalized spacial score (nSPS) is 13.4. The van der Waals surface area contributed by atoms with E-state index in [2.05, 4.69) is 0 Å². The highest BCUT2D eigenvalue weighted by Gasteiger charge is 2.30. The maximum atomic E-state index is 13.0. The molecule has 1 N–H and O–H groups in total. The van der Waals surface area contributed by atoms with E-state index in [1.54, 1.807) is 25.2 Å². The Hall–Kier alpha value is -1.89. The Labute approximate surface area is 144 Å². The molecule has 5 nitrogen and oxygen atoms in total. The second-order valence-electron chi connectivity index (χ2n) is 5.71. The topological polar surface area (TPSA) is 60.9 Å². The van der Waals surface area contributed by atoms with Gasteiger partial charge in [0.05, 0.1) is 0 Å². The summed E-state index contributed by atoms with van der Waals surface area (Å²) in [6.45, 7) is 4.35. The third-order valence-corrected chi connectivity index (χ3v) is 6.23. The summed E-state index contributed by atoms with van der Waals surface area (Å²) < 4.78 is 28.7. The predicted molar refractivity (Wildman–Crippen MR) is 95.7 cm³/mol. The highest BCUT2D eigenvalue weighted by Crippen LogP contribution is 2.26. The van der Waals surface area contributed by atoms with Crippen molar-refractivity contribution in [1.82, 2.24) is 8.61 Å². The van der Waals surface area contributed by atoms with Crippen LogP contribution in [-0.2, 0) is 16.8 Å². The van der Waals surface area contributed by atoms with Crippen molar-refractivity contribution in [2.75, 3.05) is 13.6 Å². The second-order valence-corrected chi connectivity index (χ2v) is 7.69. The van der Waals surface area contributed by atoms with Crippen molar-refractivity contribution < 1.29 is 13.5 Å². The maximum Gasteiger partial charge on any atom is 0.282 e. The van der Waals surface area contributed by atoms with Gasteiger partial charge in [0.25, 0.3) is 10.2 Å². The van der Waals surface area contributed by atoms with Crippen molar-refractivity contribution in [2.45, 2.75) is 26.4 Å². The molecular formula is C18H24N2O3S. The van der Waals surface area contributed by atoms with Gasteiger partial charge in [-0.3, -0.25) is 0 Å². The largest absolute Gasteiger partial charge is 0.508 e. The summed E-state index contributed by atoms with van der Waals surface area (Å²) in [5, 5.41) is 9.62. The minimum absolute atomic E-state index is 0.127. The van der Waals surface area contributed by atoms with E-state index in [9.17, 15) is 13.5 Å². The number of phenolic OH excluding ortho intramolecular Hbond substituents is 1. The van der Waals surface area contributed by atoms with Crippen LogP contribution >= 0.6 is 0 Å². The number of hydrogen-bond donors (Lipinski definition) is 1. The first-order chi connectivity index (χ1) is 11.4. The van der Waals surface area contributed by atoms with Crippen LogP contribution in [0.25, 0.3) is 0 Å². The molecule has 1 atom stereocenters.